The summed E-state index contributed by atoms with van der Waals surface area (Å²) < 4.78 is 0. The molecule has 2 fully saturated rings. The summed E-state index contributed by atoms with van der Waals surface area (Å²) >= 11 is 1.64. The second kappa shape index (κ2) is 7.99. The van der Waals surface area contributed by atoms with Crippen LogP contribution in [0.2, 0.25) is 0 Å². The van der Waals surface area contributed by atoms with Crippen LogP contribution in [0.4, 0.5) is 10.8 Å². The molecule has 2 aromatic heterocycles. The third-order valence-electron chi connectivity index (χ3n) is 5.98. The largest absolute Gasteiger partial charge is 0.368 e. The molecule has 0 radical (unpaired) electrons. The Labute approximate surface area is 174 Å². The number of benzene rings is 1. The van der Waals surface area contributed by atoms with E-state index in [0.29, 0.717) is 5.91 Å². The lowest BCUT2D eigenvalue weighted by atomic mass is 9.95. The lowest BCUT2D eigenvalue weighted by Crippen LogP contribution is -2.51. The normalized spacial score (nSPS) is 18.4. The van der Waals surface area contributed by atoms with Crippen LogP contribution < -0.4 is 9.80 Å². The monoisotopic (exact) mass is 407 g/mol. The van der Waals surface area contributed by atoms with Gasteiger partial charge >= 0.3 is 0 Å². The highest BCUT2D eigenvalue weighted by molar-refractivity contribution is 7.21. The molecule has 3 aromatic rings. The van der Waals surface area contributed by atoms with Gasteiger partial charge < -0.3 is 14.7 Å². The predicted octanol–water partition coefficient (Wildman–Crippen LogP) is 3.26. The predicted molar refractivity (Wildman–Crippen MR) is 118 cm³/mol. The van der Waals surface area contributed by atoms with Gasteiger partial charge in [-0.2, -0.15) is 0 Å². The van der Waals surface area contributed by atoms with Crippen molar-refractivity contribution in [1.29, 1.82) is 0 Å². The van der Waals surface area contributed by atoms with Gasteiger partial charge in [0.05, 0.1) is 0 Å². The zero-order valence-electron chi connectivity index (χ0n) is 16.4. The Morgan fingerprint density at radius 3 is 2.38 bits per heavy atom. The number of aromatic nitrogens is 2. The number of anilines is 2. The molecule has 1 aromatic carbocycles. The Morgan fingerprint density at radius 1 is 0.897 bits per heavy atom. The van der Waals surface area contributed by atoms with Crippen LogP contribution in [0.15, 0.2) is 48.7 Å². The maximum absolute atomic E-state index is 13.0. The van der Waals surface area contributed by atoms with Crippen LogP contribution >= 0.6 is 11.3 Å². The minimum atomic E-state index is 0.141. The van der Waals surface area contributed by atoms with Gasteiger partial charge in [0, 0.05) is 57.1 Å². The molecular weight excluding hydrogens is 382 g/mol. The van der Waals surface area contributed by atoms with Crippen molar-refractivity contribution < 1.29 is 4.79 Å². The number of nitrogens with zero attached hydrogens (tertiary/aromatic N) is 5. The molecule has 0 saturated carbocycles. The number of fused-ring (bicyclic) bond motifs is 1. The van der Waals surface area contributed by atoms with E-state index < -0.39 is 0 Å². The zero-order chi connectivity index (χ0) is 19.6. The van der Waals surface area contributed by atoms with Gasteiger partial charge in [0.2, 0.25) is 5.91 Å². The van der Waals surface area contributed by atoms with Gasteiger partial charge in [-0.3, -0.25) is 4.79 Å². The Balaban J connectivity index is 1.15. The molecule has 0 bridgehead atoms. The number of rotatable bonds is 3. The number of piperazine rings is 1. The van der Waals surface area contributed by atoms with Crippen molar-refractivity contribution in [1.82, 2.24) is 14.9 Å². The van der Waals surface area contributed by atoms with E-state index in [-0.39, 0.29) is 5.92 Å². The topological polar surface area (TPSA) is 52.6 Å². The molecule has 0 aliphatic carbocycles. The minimum absolute atomic E-state index is 0.141. The van der Waals surface area contributed by atoms with Crippen LogP contribution in [0, 0.1) is 5.92 Å². The smallest absolute Gasteiger partial charge is 0.225 e. The van der Waals surface area contributed by atoms with Crippen LogP contribution in [0.1, 0.15) is 12.8 Å². The van der Waals surface area contributed by atoms with Crippen LogP contribution in [-0.2, 0) is 4.79 Å². The summed E-state index contributed by atoms with van der Waals surface area (Å²) in [7, 11) is 0. The van der Waals surface area contributed by atoms with Gasteiger partial charge in [0.1, 0.15) is 10.3 Å². The fourth-order valence-corrected chi connectivity index (χ4v) is 5.25. The number of hydrogen-bond acceptors (Lipinski definition) is 6. The SMILES string of the molecule is O=C(C1CCN(c2nc3cccnc3s2)CC1)N1CCN(c2ccccc2)CC1. The first-order valence-electron chi connectivity index (χ1n) is 10.3. The van der Waals surface area contributed by atoms with Crippen LogP contribution in [0.5, 0.6) is 0 Å². The van der Waals surface area contributed by atoms with E-state index in [9.17, 15) is 4.79 Å². The molecule has 2 aliphatic heterocycles. The average Bonchev–Trinajstić information content (AvgIpc) is 3.24. The highest BCUT2D eigenvalue weighted by Crippen LogP contribution is 2.31. The number of hydrogen-bond donors (Lipinski definition) is 0. The van der Waals surface area contributed by atoms with E-state index in [1.165, 1.54) is 5.69 Å². The van der Waals surface area contributed by atoms with Crippen molar-refractivity contribution >= 4 is 38.4 Å². The molecule has 6 nitrogen and oxygen atoms in total. The summed E-state index contributed by atoms with van der Waals surface area (Å²) in [5.74, 6) is 0.477. The van der Waals surface area contributed by atoms with Crippen LogP contribution in [0.3, 0.4) is 0 Å². The second-order valence-corrected chi connectivity index (χ2v) is 8.69. The number of carbonyl (C=O) groups excluding carboxylic acids is 1. The van der Waals surface area contributed by atoms with Crippen molar-refractivity contribution in [2.75, 3.05) is 49.1 Å². The molecule has 150 valence electrons. The quantitative estimate of drug-likeness (QED) is 0.667. The van der Waals surface area contributed by atoms with E-state index in [0.717, 1.165) is 67.6 Å². The molecule has 2 saturated heterocycles. The van der Waals surface area contributed by atoms with Gasteiger partial charge in [-0.05, 0) is 37.1 Å². The molecule has 29 heavy (non-hydrogen) atoms. The summed E-state index contributed by atoms with van der Waals surface area (Å²) in [5, 5.41) is 1.03. The highest BCUT2D eigenvalue weighted by atomic mass is 32.1. The summed E-state index contributed by atoms with van der Waals surface area (Å²) in [4.78, 5) is 29.9. The molecule has 1 amide bonds. The van der Waals surface area contributed by atoms with E-state index in [1.54, 1.807) is 11.3 Å². The average molecular weight is 408 g/mol. The Kier molecular flexibility index (Phi) is 5.06. The number of carbonyl (C=O) groups is 1. The summed E-state index contributed by atoms with van der Waals surface area (Å²) in [6.07, 6.45) is 3.62. The minimum Gasteiger partial charge on any atom is -0.368 e. The Hall–Kier alpha value is -2.67. The Bertz CT molecular complexity index is 942. The van der Waals surface area contributed by atoms with Gasteiger partial charge in [0.25, 0.3) is 0 Å². The number of para-hydroxylation sites is 1. The molecule has 4 heterocycles. The summed E-state index contributed by atoms with van der Waals surface area (Å²) in [6, 6.07) is 14.4. The lowest BCUT2D eigenvalue weighted by Gasteiger charge is -2.39. The summed E-state index contributed by atoms with van der Waals surface area (Å²) in [5.41, 5.74) is 2.21. The molecule has 0 N–H and O–H groups in total. The molecule has 2 aliphatic rings. The molecule has 7 heteroatoms. The maximum Gasteiger partial charge on any atom is 0.225 e. The standard InChI is InChI=1S/C22H25N5OS/c28-21(26-15-13-25(14-16-26)18-5-2-1-3-6-18)17-8-11-27(12-9-17)22-24-19-7-4-10-23-20(19)29-22/h1-7,10,17H,8-9,11-16H2. The Morgan fingerprint density at radius 2 is 1.66 bits per heavy atom. The first-order chi connectivity index (χ1) is 14.3. The van der Waals surface area contributed by atoms with Crippen molar-refractivity contribution in [2.24, 2.45) is 5.92 Å². The van der Waals surface area contributed by atoms with Gasteiger partial charge in [-0.1, -0.05) is 29.5 Å². The molecule has 0 unspecified atom stereocenters. The van der Waals surface area contributed by atoms with Gasteiger partial charge in [-0.25, -0.2) is 9.97 Å². The first kappa shape index (κ1) is 18.4. The number of piperidine rings is 1. The molecular formula is C22H25N5OS. The first-order valence-corrected chi connectivity index (χ1v) is 11.1. The molecule has 0 spiro atoms. The van der Waals surface area contributed by atoms with Crippen molar-refractivity contribution in [2.45, 2.75) is 12.8 Å². The third kappa shape index (κ3) is 3.79. The fraction of sp³-hybridized carbons (Fsp3) is 0.409. The van der Waals surface area contributed by atoms with Crippen molar-refractivity contribution in [3.63, 3.8) is 0 Å². The van der Waals surface area contributed by atoms with Crippen molar-refractivity contribution in [3.05, 3.63) is 48.7 Å². The third-order valence-corrected chi connectivity index (χ3v) is 7.02. The number of amides is 1. The lowest BCUT2D eigenvalue weighted by molar-refractivity contribution is -0.136. The maximum atomic E-state index is 13.0. The van der Waals surface area contributed by atoms with Crippen LogP contribution in [0.25, 0.3) is 10.3 Å². The van der Waals surface area contributed by atoms with E-state index in [4.69, 9.17) is 4.98 Å². The van der Waals surface area contributed by atoms with E-state index >= 15 is 0 Å². The zero-order valence-corrected chi connectivity index (χ0v) is 17.2. The van der Waals surface area contributed by atoms with Gasteiger partial charge in [-0.15, -0.1) is 0 Å². The van der Waals surface area contributed by atoms with Crippen LogP contribution in [-0.4, -0.2) is 60.0 Å². The molecule has 0 atom stereocenters. The number of thiazole rings is 1. The highest BCUT2D eigenvalue weighted by Gasteiger charge is 2.31. The van der Waals surface area contributed by atoms with E-state index in [2.05, 4.69) is 43.9 Å². The van der Waals surface area contributed by atoms with E-state index in [1.807, 2.05) is 24.4 Å². The van der Waals surface area contributed by atoms with Gasteiger partial charge in [0.15, 0.2) is 5.13 Å². The van der Waals surface area contributed by atoms with Crippen molar-refractivity contribution in [3.8, 4) is 0 Å². The number of pyridine rings is 1. The summed E-state index contributed by atoms with van der Waals surface area (Å²) in [6.45, 7) is 5.23. The fourth-order valence-electron chi connectivity index (χ4n) is 4.29. The second-order valence-electron chi connectivity index (χ2n) is 7.73. The molecule has 5 rings (SSSR count).